The zero-order valence-corrected chi connectivity index (χ0v) is 14.7. The first kappa shape index (κ1) is 17.3. The fourth-order valence-electron chi connectivity index (χ4n) is 2.14. The molecule has 0 aromatic heterocycles. The van der Waals surface area contributed by atoms with Crippen molar-refractivity contribution in [2.75, 3.05) is 20.2 Å². The minimum atomic E-state index is -0.507. The van der Waals surface area contributed by atoms with Crippen molar-refractivity contribution >= 4 is 27.5 Å². The molecule has 0 heterocycles. The van der Waals surface area contributed by atoms with Gasteiger partial charge < -0.3 is 15.2 Å². The van der Waals surface area contributed by atoms with Crippen molar-refractivity contribution in [2.24, 2.45) is 0 Å². The summed E-state index contributed by atoms with van der Waals surface area (Å²) in [6.07, 6.45) is 0.337. The van der Waals surface area contributed by atoms with E-state index < -0.39 is 6.10 Å². The van der Waals surface area contributed by atoms with Gasteiger partial charge in [0.2, 0.25) is 0 Å². The molecule has 118 valence electrons. The number of hydrogen-bond donors (Lipinski definition) is 2. The topological polar surface area (TPSA) is 41.5 Å². The first-order valence-electron chi connectivity index (χ1n) is 7.07. The molecule has 0 unspecified atom stereocenters. The smallest absolute Gasteiger partial charge is 0.137 e. The molecule has 0 saturated heterocycles. The molecule has 2 aromatic rings. The number of benzene rings is 2. The van der Waals surface area contributed by atoms with E-state index in [1.807, 2.05) is 42.5 Å². The lowest BCUT2D eigenvalue weighted by atomic mass is 10.1. The molecule has 0 aliphatic heterocycles. The summed E-state index contributed by atoms with van der Waals surface area (Å²) in [6, 6.07) is 13.5. The molecule has 0 radical (unpaired) electrons. The van der Waals surface area contributed by atoms with Gasteiger partial charge in [0, 0.05) is 11.0 Å². The third kappa shape index (κ3) is 4.99. The summed E-state index contributed by atoms with van der Waals surface area (Å²) in [5.41, 5.74) is 2.04. The van der Waals surface area contributed by atoms with Crippen LogP contribution in [0.25, 0.3) is 0 Å². The van der Waals surface area contributed by atoms with Crippen molar-refractivity contribution in [1.82, 2.24) is 5.32 Å². The van der Waals surface area contributed by atoms with Gasteiger partial charge in [-0.2, -0.15) is 0 Å². The quantitative estimate of drug-likeness (QED) is 0.710. The number of hydrogen-bond acceptors (Lipinski definition) is 3. The Morgan fingerprint density at radius 1 is 1.23 bits per heavy atom. The SMILES string of the molecule is COc1ccc(CCNC[C@@H](O)c2ccc(Br)cc2)cc1Cl. The lowest BCUT2D eigenvalue weighted by molar-refractivity contribution is 0.175. The summed E-state index contributed by atoms with van der Waals surface area (Å²) < 4.78 is 6.14. The second-order valence-corrected chi connectivity index (χ2v) is 6.31. The largest absolute Gasteiger partial charge is 0.495 e. The molecule has 2 aromatic carbocycles. The van der Waals surface area contributed by atoms with Gasteiger partial charge in [0.15, 0.2) is 0 Å². The summed E-state index contributed by atoms with van der Waals surface area (Å²) in [6.45, 7) is 1.29. The van der Waals surface area contributed by atoms with Crippen LogP contribution in [-0.2, 0) is 6.42 Å². The second-order valence-electron chi connectivity index (χ2n) is 4.99. The molecule has 0 aliphatic rings. The highest BCUT2D eigenvalue weighted by Crippen LogP contribution is 2.25. The van der Waals surface area contributed by atoms with Crippen molar-refractivity contribution in [1.29, 1.82) is 0 Å². The fraction of sp³-hybridized carbons (Fsp3) is 0.294. The van der Waals surface area contributed by atoms with E-state index in [-0.39, 0.29) is 0 Å². The average Bonchev–Trinajstić information content (AvgIpc) is 2.52. The van der Waals surface area contributed by atoms with Gasteiger partial charge >= 0.3 is 0 Å². The highest BCUT2D eigenvalue weighted by Gasteiger charge is 2.07. The summed E-state index contributed by atoms with van der Waals surface area (Å²) in [5.74, 6) is 0.684. The van der Waals surface area contributed by atoms with E-state index in [9.17, 15) is 5.11 Å². The number of nitrogens with one attached hydrogen (secondary N) is 1. The zero-order chi connectivity index (χ0) is 15.9. The van der Waals surface area contributed by atoms with Gasteiger partial charge in [-0.25, -0.2) is 0 Å². The van der Waals surface area contributed by atoms with Gasteiger partial charge in [-0.15, -0.1) is 0 Å². The number of rotatable bonds is 7. The molecule has 0 bridgehead atoms. The molecule has 3 nitrogen and oxygen atoms in total. The lowest BCUT2D eigenvalue weighted by Gasteiger charge is -2.12. The minimum absolute atomic E-state index is 0.507. The summed E-state index contributed by atoms with van der Waals surface area (Å²) >= 11 is 9.48. The number of halogens is 2. The van der Waals surface area contributed by atoms with E-state index in [4.69, 9.17) is 16.3 Å². The predicted molar refractivity (Wildman–Crippen MR) is 93.7 cm³/mol. The molecule has 5 heteroatoms. The Labute approximate surface area is 144 Å². The molecule has 0 amide bonds. The van der Waals surface area contributed by atoms with E-state index in [2.05, 4.69) is 21.2 Å². The first-order chi connectivity index (χ1) is 10.6. The van der Waals surface area contributed by atoms with Crippen LogP contribution in [0.2, 0.25) is 5.02 Å². The summed E-state index contributed by atoms with van der Waals surface area (Å²) in [7, 11) is 1.60. The van der Waals surface area contributed by atoms with Crippen molar-refractivity contribution in [3.8, 4) is 5.75 Å². The van der Waals surface area contributed by atoms with Crippen LogP contribution in [0.4, 0.5) is 0 Å². The van der Waals surface area contributed by atoms with Gasteiger partial charge in [0.05, 0.1) is 18.2 Å². The molecule has 22 heavy (non-hydrogen) atoms. The minimum Gasteiger partial charge on any atom is -0.495 e. The Morgan fingerprint density at radius 3 is 2.59 bits per heavy atom. The van der Waals surface area contributed by atoms with Gasteiger partial charge in [0.1, 0.15) is 5.75 Å². The van der Waals surface area contributed by atoms with Crippen molar-refractivity contribution in [3.63, 3.8) is 0 Å². The van der Waals surface area contributed by atoms with Crippen LogP contribution >= 0.6 is 27.5 Å². The van der Waals surface area contributed by atoms with Crippen LogP contribution in [0.3, 0.4) is 0 Å². The maximum absolute atomic E-state index is 10.1. The van der Waals surface area contributed by atoms with Crippen LogP contribution in [0.15, 0.2) is 46.9 Å². The maximum Gasteiger partial charge on any atom is 0.137 e. The van der Waals surface area contributed by atoms with Crippen molar-refractivity contribution in [3.05, 3.63) is 63.1 Å². The van der Waals surface area contributed by atoms with E-state index in [0.29, 0.717) is 17.3 Å². The molecule has 0 spiro atoms. The van der Waals surface area contributed by atoms with E-state index in [0.717, 1.165) is 28.6 Å². The Hall–Kier alpha value is -1.07. The van der Waals surface area contributed by atoms with Crippen LogP contribution in [0.1, 0.15) is 17.2 Å². The Bertz CT molecular complexity index is 604. The number of aliphatic hydroxyl groups is 1. The molecular formula is C17H19BrClNO2. The van der Waals surface area contributed by atoms with E-state index >= 15 is 0 Å². The average molecular weight is 385 g/mol. The van der Waals surface area contributed by atoms with E-state index in [1.54, 1.807) is 7.11 Å². The number of aliphatic hydroxyl groups excluding tert-OH is 1. The maximum atomic E-state index is 10.1. The van der Waals surface area contributed by atoms with Crippen LogP contribution < -0.4 is 10.1 Å². The van der Waals surface area contributed by atoms with Crippen LogP contribution in [0.5, 0.6) is 5.75 Å². The summed E-state index contributed by atoms with van der Waals surface area (Å²) in [5, 5.41) is 14.0. The third-order valence-corrected chi connectivity index (χ3v) is 4.22. The molecule has 2 rings (SSSR count). The Balaban J connectivity index is 1.77. The highest BCUT2D eigenvalue weighted by molar-refractivity contribution is 9.10. The van der Waals surface area contributed by atoms with Crippen molar-refractivity contribution in [2.45, 2.75) is 12.5 Å². The number of methoxy groups -OCH3 is 1. The first-order valence-corrected chi connectivity index (χ1v) is 8.24. The molecule has 0 fully saturated rings. The predicted octanol–water partition coefficient (Wildman–Crippen LogP) is 3.98. The second kappa shape index (κ2) is 8.53. The van der Waals surface area contributed by atoms with Gasteiger partial charge in [-0.1, -0.05) is 45.7 Å². The van der Waals surface area contributed by atoms with E-state index in [1.165, 1.54) is 0 Å². The third-order valence-electron chi connectivity index (χ3n) is 3.40. The number of ether oxygens (including phenoxy) is 1. The molecule has 0 aliphatic carbocycles. The Kier molecular flexibility index (Phi) is 6.70. The van der Waals surface area contributed by atoms with Gasteiger partial charge in [0.25, 0.3) is 0 Å². The zero-order valence-electron chi connectivity index (χ0n) is 12.4. The monoisotopic (exact) mass is 383 g/mol. The molecular weight excluding hydrogens is 366 g/mol. The van der Waals surface area contributed by atoms with Crippen LogP contribution in [-0.4, -0.2) is 25.3 Å². The molecule has 2 N–H and O–H groups in total. The Morgan fingerprint density at radius 2 is 1.95 bits per heavy atom. The van der Waals surface area contributed by atoms with Crippen molar-refractivity contribution < 1.29 is 9.84 Å². The van der Waals surface area contributed by atoms with Crippen LogP contribution in [0, 0.1) is 0 Å². The fourth-order valence-corrected chi connectivity index (χ4v) is 2.68. The molecule has 1 atom stereocenters. The standard InChI is InChI=1S/C17H19BrClNO2/c1-22-17-7-2-12(10-15(17)19)8-9-20-11-16(21)13-3-5-14(18)6-4-13/h2-7,10,16,20-21H,8-9,11H2,1H3/t16-/m1/s1. The highest BCUT2D eigenvalue weighted by atomic mass is 79.9. The lowest BCUT2D eigenvalue weighted by Crippen LogP contribution is -2.23. The van der Waals surface area contributed by atoms with Gasteiger partial charge in [-0.3, -0.25) is 0 Å². The molecule has 0 saturated carbocycles. The normalized spacial score (nSPS) is 12.2. The van der Waals surface area contributed by atoms with Gasteiger partial charge in [-0.05, 0) is 48.4 Å². The summed E-state index contributed by atoms with van der Waals surface area (Å²) in [4.78, 5) is 0.